The van der Waals surface area contributed by atoms with E-state index in [-0.39, 0.29) is 0 Å². The van der Waals surface area contributed by atoms with Crippen molar-refractivity contribution < 1.29 is 0 Å². The van der Waals surface area contributed by atoms with Gasteiger partial charge in [0.2, 0.25) is 0 Å². The summed E-state index contributed by atoms with van der Waals surface area (Å²) in [6, 6.07) is 22.9. The summed E-state index contributed by atoms with van der Waals surface area (Å²) in [5.41, 5.74) is 0. The Kier molecular flexibility index (Phi) is 2.46. The van der Waals surface area contributed by atoms with E-state index in [4.69, 9.17) is 0 Å². The zero-order valence-corrected chi connectivity index (χ0v) is 14.4. The number of thiophene rings is 2. The fourth-order valence-corrected chi connectivity index (χ4v) is 5.43. The van der Waals surface area contributed by atoms with Crippen molar-refractivity contribution in [3.05, 3.63) is 71.4 Å². The summed E-state index contributed by atoms with van der Waals surface area (Å²) in [4.78, 5) is 0. The first-order chi connectivity index (χ1) is 11.9. The van der Waals surface area contributed by atoms with E-state index in [1.807, 2.05) is 22.7 Å². The molecule has 0 aliphatic heterocycles. The van der Waals surface area contributed by atoms with Gasteiger partial charge in [-0.15, -0.1) is 22.7 Å². The topological polar surface area (TPSA) is 0 Å². The van der Waals surface area contributed by atoms with E-state index in [9.17, 15) is 0 Å². The van der Waals surface area contributed by atoms with Gasteiger partial charge < -0.3 is 0 Å². The monoisotopic (exact) mass is 340 g/mol. The van der Waals surface area contributed by atoms with E-state index >= 15 is 0 Å². The zero-order valence-electron chi connectivity index (χ0n) is 12.7. The summed E-state index contributed by atoms with van der Waals surface area (Å²) >= 11 is 3.63. The fraction of sp³-hybridized carbons (Fsp3) is 0. The molecule has 0 spiro atoms. The Balaban J connectivity index is 1.84. The van der Waals surface area contributed by atoms with Gasteiger partial charge in [0, 0.05) is 9.40 Å². The van der Waals surface area contributed by atoms with Crippen LogP contribution in [0, 0.1) is 0 Å². The molecule has 6 rings (SSSR count). The quantitative estimate of drug-likeness (QED) is 0.250. The Morgan fingerprint density at radius 3 is 1.42 bits per heavy atom. The number of hydrogen-bond donors (Lipinski definition) is 0. The van der Waals surface area contributed by atoms with Crippen LogP contribution in [0.2, 0.25) is 0 Å². The van der Waals surface area contributed by atoms with Gasteiger partial charge in [0.1, 0.15) is 0 Å². The van der Waals surface area contributed by atoms with Crippen LogP contribution in [0.15, 0.2) is 71.4 Å². The SMILES string of the molecule is c1cc2cc3c(ccc4c5cc6ccsc6cc5ccc34)cc2s1. The highest BCUT2D eigenvalue weighted by Crippen LogP contribution is 2.36. The maximum absolute atomic E-state index is 2.35. The fourth-order valence-electron chi connectivity index (χ4n) is 3.79. The third-order valence-electron chi connectivity index (χ3n) is 4.98. The lowest BCUT2D eigenvalue weighted by molar-refractivity contribution is 1.86. The molecule has 0 saturated carbocycles. The van der Waals surface area contributed by atoms with Crippen molar-refractivity contribution in [3.8, 4) is 0 Å². The van der Waals surface area contributed by atoms with Crippen LogP contribution < -0.4 is 0 Å². The van der Waals surface area contributed by atoms with Crippen molar-refractivity contribution in [1.29, 1.82) is 0 Å². The largest absolute Gasteiger partial charge is 0.144 e. The lowest BCUT2D eigenvalue weighted by atomic mass is 9.96. The van der Waals surface area contributed by atoms with Crippen LogP contribution in [0.25, 0.3) is 52.5 Å². The Hall–Kier alpha value is -2.42. The molecule has 0 bridgehead atoms. The second-order valence-electron chi connectivity index (χ2n) is 6.29. The molecule has 0 fully saturated rings. The van der Waals surface area contributed by atoms with Crippen LogP contribution in [0.3, 0.4) is 0 Å². The average molecular weight is 340 g/mol. The summed E-state index contributed by atoms with van der Waals surface area (Å²) in [7, 11) is 0. The Morgan fingerprint density at radius 2 is 0.917 bits per heavy atom. The van der Waals surface area contributed by atoms with E-state index < -0.39 is 0 Å². The molecule has 112 valence electrons. The van der Waals surface area contributed by atoms with Gasteiger partial charge >= 0.3 is 0 Å². The minimum atomic E-state index is 1.33. The van der Waals surface area contributed by atoms with Gasteiger partial charge in [0.15, 0.2) is 0 Å². The third kappa shape index (κ3) is 1.67. The van der Waals surface area contributed by atoms with Crippen molar-refractivity contribution in [2.75, 3.05) is 0 Å². The normalized spacial score (nSPS) is 12.2. The molecular formula is C22H12S2. The zero-order chi connectivity index (χ0) is 15.7. The van der Waals surface area contributed by atoms with Crippen LogP contribution in [0.1, 0.15) is 0 Å². The van der Waals surface area contributed by atoms with E-state index in [1.54, 1.807) is 0 Å². The van der Waals surface area contributed by atoms with Gasteiger partial charge in [-0.2, -0.15) is 0 Å². The molecule has 0 atom stereocenters. The molecule has 2 aromatic heterocycles. The smallest absolute Gasteiger partial charge is 0.0349 e. The van der Waals surface area contributed by atoms with Crippen molar-refractivity contribution in [2.24, 2.45) is 0 Å². The molecule has 6 aromatic rings. The maximum Gasteiger partial charge on any atom is 0.0349 e. The van der Waals surface area contributed by atoms with Crippen LogP contribution in [-0.2, 0) is 0 Å². The number of hydrogen-bond acceptors (Lipinski definition) is 2. The Morgan fingerprint density at radius 1 is 0.417 bits per heavy atom. The molecular weight excluding hydrogens is 328 g/mol. The number of rotatable bonds is 0. The first kappa shape index (κ1) is 12.9. The van der Waals surface area contributed by atoms with E-state index in [2.05, 4.69) is 71.4 Å². The highest BCUT2D eigenvalue weighted by atomic mass is 32.1. The highest BCUT2D eigenvalue weighted by Gasteiger charge is 2.08. The van der Waals surface area contributed by atoms with Crippen molar-refractivity contribution >= 4 is 75.2 Å². The molecule has 0 nitrogen and oxygen atoms in total. The Labute approximate surface area is 146 Å². The molecule has 2 heterocycles. The third-order valence-corrected chi connectivity index (χ3v) is 6.74. The van der Waals surface area contributed by atoms with Crippen LogP contribution in [0.5, 0.6) is 0 Å². The van der Waals surface area contributed by atoms with Gasteiger partial charge in [-0.3, -0.25) is 0 Å². The summed E-state index contributed by atoms with van der Waals surface area (Å²) in [5, 5.41) is 15.1. The van der Waals surface area contributed by atoms with Crippen molar-refractivity contribution in [2.45, 2.75) is 0 Å². The molecule has 0 saturated heterocycles. The molecule has 0 amide bonds. The first-order valence-electron chi connectivity index (χ1n) is 8.00. The molecule has 0 aliphatic carbocycles. The van der Waals surface area contributed by atoms with Crippen LogP contribution >= 0.6 is 22.7 Å². The van der Waals surface area contributed by atoms with E-state index in [0.29, 0.717) is 0 Å². The minimum Gasteiger partial charge on any atom is -0.144 e. The first-order valence-corrected chi connectivity index (χ1v) is 9.76. The molecule has 2 heteroatoms. The molecule has 4 aromatic carbocycles. The second kappa shape index (κ2) is 4.56. The van der Waals surface area contributed by atoms with Crippen LogP contribution in [0.4, 0.5) is 0 Å². The predicted molar refractivity (Wildman–Crippen MR) is 110 cm³/mol. The average Bonchev–Trinajstić information content (AvgIpc) is 3.25. The number of fused-ring (bicyclic) bond motifs is 7. The molecule has 0 unspecified atom stereocenters. The lowest BCUT2D eigenvalue weighted by Crippen LogP contribution is -1.81. The molecule has 0 N–H and O–H groups in total. The van der Waals surface area contributed by atoms with Crippen LogP contribution in [-0.4, -0.2) is 0 Å². The maximum atomic E-state index is 2.35. The van der Waals surface area contributed by atoms with Gasteiger partial charge in [-0.25, -0.2) is 0 Å². The van der Waals surface area contributed by atoms with Gasteiger partial charge in [-0.1, -0.05) is 24.3 Å². The van der Waals surface area contributed by atoms with Crippen molar-refractivity contribution in [1.82, 2.24) is 0 Å². The van der Waals surface area contributed by atoms with Gasteiger partial charge in [0.05, 0.1) is 0 Å². The summed E-state index contributed by atoms with van der Waals surface area (Å²) in [5.74, 6) is 0. The summed E-state index contributed by atoms with van der Waals surface area (Å²) < 4.78 is 2.73. The van der Waals surface area contributed by atoms with E-state index in [0.717, 1.165) is 0 Å². The number of benzene rings is 4. The minimum absolute atomic E-state index is 1.33. The predicted octanol–water partition coefficient (Wildman–Crippen LogP) is 7.58. The second-order valence-corrected chi connectivity index (χ2v) is 8.19. The summed E-state index contributed by atoms with van der Waals surface area (Å²) in [6.07, 6.45) is 0. The molecule has 0 aliphatic rings. The summed E-state index contributed by atoms with van der Waals surface area (Å²) in [6.45, 7) is 0. The molecule has 0 radical (unpaired) electrons. The highest BCUT2D eigenvalue weighted by molar-refractivity contribution is 7.17. The standard InChI is InChI=1S/C22H12S2/c1-3-17-18(19-9-15-5-7-23-21(15)11-13(1)19)4-2-14-12-22-16(6-8-24-22)10-20(14)17/h1-12H. The van der Waals surface area contributed by atoms with Gasteiger partial charge in [0.25, 0.3) is 0 Å². The molecule has 24 heavy (non-hydrogen) atoms. The van der Waals surface area contributed by atoms with Gasteiger partial charge in [-0.05, 0) is 90.2 Å². The van der Waals surface area contributed by atoms with E-state index in [1.165, 1.54) is 52.5 Å². The van der Waals surface area contributed by atoms with Crippen molar-refractivity contribution in [3.63, 3.8) is 0 Å². The Bertz CT molecular complexity index is 1290. The lowest BCUT2D eigenvalue weighted by Gasteiger charge is -2.08.